The van der Waals surface area contributed by atoms with Crippen LogP contribution >= 0.6 is 15.9 Å². The van der Waals surface area contributed by atoms with Crippen molar-refractivity contribution in [3.05, 3.63) is 50.2 Å². The van der Waals surface area contributed by atoms with Gasteiger partial charge in [0.05, 0.1) is 10.5 Å². The first-order valence-corrected chi connectivity index (χ1v) is 5.82. The maximum Gasteiger partial charge on any atom is 0.281 e. The van der Waals surface area contributed by atoms with Gasteiger partial charge in [0.25, 0.3) is 5.69 Å². The Hall–Kier alpha value is -1.95. The van der Waals surface area contributed by atoms with E-state index in [1.165, 1.54) is 12.1 Å². The lowest BCUT2D eigenvalue weighted by atomic mass is 10.0. The molecule has 0 bridgehead atoms. The number of nitro groups is 1. The minimum Gasteiger partial charge on any atom is -0.453 e. The molecule has 0 saturated carbocycles. The van der Waals surface area contributed by atoms with E-state index in [0.29, 0.717) is 27.6 Å². The minimum atomic E-state index is -0.476. The summed E-state index contributed by atoms with van der Waals surface area (Å²) in [6, 6.07) is 6.19. The van der Waals surface area contributed by atoms with Gasteiger partial charge in [-0.05, 0) is 30.7 Å². The first-order chi connectivity index (χ1) is 8.52. The molecule has 0 spiro atoms. The Morgan fingerprint density at radius 1 is 1.39 bits per heavy atom. The first-order valence-electron chi connectivity index (χ1n) is 5.03. The highest BCUT2D eigenvalue weighted by Gasteiger charge is 2.21. The lowest BCUT2D eigenvalue weighted by Crippen LogP contribution is -1.94. The van der Waals surface area contributed by atoms with Crippen molar-refractivity contribution < 1.29 is 14.1 Å². The minimum absolute atomic E-state index is 0.0614. The van der Waals surface area contributed by atoms with Gasteiger partial charge in [-0.1, -0.05) is 15.9 Å². The summed E-state index contributed by atoms with van der Waals surface area (Å²) in [6.45, 7) is 1.75. The summed E-state index contributed by atoms with van der Waals surface area (Å²) in [5, 5.41) is 11.0. The standard InChI is InChI=1S/C12H8BrNO4/c1-7-4-8(13)5-10(14(16)17)12(7)11-3-2-9(6-15)18-11/h2-6H,1H3. The number of rotatable bonds is 3. The number of furan rings is 1. The SMILES string of the molecule is Cc1cc(Br)cc([N+](=O)[O-])c1-c1ccc(C=O)o1. The highest BCUT2D eigenvalue weighted by molar-refractivity contribution is 9.10. The second-order valence-corrected chi connectivity index (χ2v) is 4.61. The third-order valence-electron chi connectivity index (χ3n) is 2.47. The first kappa shape index (κ1) is 12.5. The summed E-state index contributed by atoms with van der Waals surface area (Å²) in [5.41, 5.74) is 1.02. The van der Waals surface area contributed by atoms with Crippen LogP contribution in [0.5, 0.6) is 0 Å². The number of benzene rings is 1. The molecule has 2 rings (SSSR count). The van der Waals surface area contributed by atoms with E-state index in [1.807, 2.05) is 0 Å². The molecule has 0 aliphatic rings. The van der Waals surface area contributed by atoms with Crippen LogP contribution in [-0.4, -0.2) is 11.2 Å². The average molecular weight is 310 g/mol. The van der Waals surface area contributed by atoms with Gasteiger partial charge >= 0.3 is 0 Å². The van der Waals surface area contributed by atoms with E-state index >= 15 is 0 Å². The quantitative estimate of drug-likeness (QED) is 0.492. The molecule has 0 radical (unpaired) electrons. The predicted octanol–water partition coefficient (Wildman–Crippen LogP) is 3.74. The maximum atomic E-state index is 11.0. The molecule has 0 atom stereocenters. The third kappa shape index (κ3) is 2.19. The molecule has 5 nitrogen and oxygen atoms in total. The molecule has 1 aromatic heterocycles. The van der Waals surface area contributed by atoms with Gasteiger partial charge in [0.1, 0.15) is 5.76 Å². The lowest BCUT2D eigenvalue weighted by Gasteiger charge is -2.05. The average Bonchev–Trinajstić information content (AvgIpc) is 2.76. The molecule has 0 fully saturated rings. The zero-order chi connectivity index (χ0) is 13.3. The van der Waals surface area contributed by atoms with Crippen LogP contribution in [0.3, 0.4) is 0 Å². The third-order valence-corrected chi connectivity index (χ3v) is 2.92. The topological polar surface area (TPSA) is 73.3 Å². The molecule has 18 heavy (non-hydrogen) atoms. The molecule has 0 saturated heterocycles. The lowest BCUT2D eigenvalue weighted by molar-refractivity contribution is -0.384. The number of hydrogen-bond donors (Lipinski definition) is 0. The van der Waals surface area contributed by atoms with Crippen LogP contribution in [0.1, 0.15) is 16.1 Å². The predicted molar refractivity (Wildman–Crippen MR) is 68.6 cm³/mol. The van der Waals surface area contributed by atoms with Gasteiger partial charge in [-0.15, -0.1) is 0 Å². The molecular weight excluding hydrogens is 302 g/mol. The van der Waals surface area contributed by atoms with E-state index in [9.17, 15) is 14.9 Å². The van der Waals surface area contributed by atoms with Crippen LogP contribution < -0.4 is 0 Å². The monoisotopic (exact) mass is 309 g/mol. The molecule has 0 amide bonds. The summed E-state index contributed by atoms with van der Waals surface area (Å²) >= 11 is 3.22. The Morgan fingerprint density at radius 3 is 2.67 bits per heavy atom. The van der Waals surface area contributed by atoms with Gasteiger partial charge in [-0.2, -0.15) is 0 Å². The van der Waals surface area contributed by atoms with Crippen molar-refractivity contribution in [3.8, 4) is 11.3 Å². The van der Waals surface area contributed by atoms with E-state index in [1.54, 1.807) is 19.1 Å². The summed E-state index contributed by atoms with van der Waals surface area (Å²) in [6.07, 6.45) is 0.559. The Balaban J connectivity index is 2.69. The largest absolute Gasteiger partial charge is 0.453 e. The molecule has 0 unspecified atom stereocenters. The van der Waals surface area contributed by atoms with E-state index in [4.69, 9.17) is 4.42 Å². The van der Waals surface area contributed by atoms with E-state index in [-0.39, 0.29) is 11.4 Å². The summed E-state index contributed by atoms with van der Waals surface area (Å²) in [4.78, 5) is 21.1. The molecule has 2 aromatic rings. The fraction of sp³-hybridized carbons (Fsp3) is 0.0833. The van der Waals surface area contributed by atoms with Crippen molar-refractivity contribution >= 4 is 27.9 Å². The fourth-order valence-electron chi connectivity index (χ4n) is 1.74. The van der Waals surface area contributed by atoms with E-state index < -0.39 is 4.92 Å². The molecule has 6 heteroatoms. The smallest absolute Gasteiger partial charge is 0.281 e. The van der Waals surface area contributed by atoms with Gasteiger partial charge in [0.15, 0.2) is 12.0 Å². The maximum absolute atomic E-state index is 11.0. The Kier molecular flexibility index (Phi) is 3.29. The Morgan fingerprint density at radius 2 is 2.11 bits per heavy atom. The van der Waals surface area contributed by atoms with Crippen molar-refractivity contribution in [1.29, 1.82) is 0 Å². The molecule has 0 aliphatic carbocycles. The van der Waals surface area contributed by atoms with Crippen LogP contribution in [0.4, 0.5) is 5.69 Å². The van der Waals surface area contributed by atoms with Crippen molar-refractivity contribution in [2.24, 2.45) is 0 Å². The van der Waals surface area contributed by atoms with Gasteiger partial charge in [-0.25, -0.2) is 0 Å². The molecule has 0 N–H and O–H groups in total. The van der Waals surface area contributed by atoms with Crippen LogP contribution in [0.25, 0.3) is 11.3 Å². The number of aldehydes is 1. The van der Waals surface area contributed by atoms with E-state index in [0.717, 1.165) is 0 Å². The van der Waals surface area contributed by atoms with Crippen molar-refractivity contribution in [3.63, 3.8) is 0 Å². The summed E-state index contributed by atoms with van der Waals surface area (Å²) in [7, 11) is 0. The highest BCUT2D eigenvalue weighted by atomic mass is 79.9. The van der Waals surface area contributed by atoms with Crippen molar-refractivity contribution in [2.45, 2.75) is 6.92 Å². The van der Waals surface area contributed by atoms with Crippen molar-refractivity contribution in [1.82, 2.24) is 0 Å². The Bertz CT molecular complexity index is 633. The van der Waals surface area contributed by atoms with Crippen LogP contribution in [-0.2, 0) is 0 Å². The number of carbonyl (C=O) groups is 1. The van der Waals surface area contributed by atoms with E-state index in [2.05, 4.69) is 15.9 Å². The number of aryl methyl sites for hydroxylation is 1. The molecule has 0 aliphatic heterocycles. The number of hydrogen-bond acceptors (Lipinski definition) is 4. The van der Waals surface area contributed by atoms with Crippen LogP contribution in [0.2, 0.25) is 0 Å². The highest BCUT2D eigenvalue weighted by Crippen LogP contribution is 2.36. The fourth-order valence-corrected chi connectivity index (χ4v) is 2.30. The zero-order valence-electron chi connectivity index (χ0n) is 9.34. The van der Waals surface area contributed by atoms with Gasteiger partial charge < -0.3 is 4.42 Å². The second kappa shape index (κ2) is 4.73. The van der Waals surface area contributed by atoms with Gasteiger partial charge in [0, 0.05) is 10.5 Å². The van der Waals surface area contributed by atoms with Crippen LogP contribution in [0.15, 0.2) is 33.2 Å². The summed E-state index contributed by atoms with van der Waals surface area (Å²) < 4.78 is 5.87. The van der Waals surface area contributed by atoms with Gasteiger partial charge in [0.2, 0.25) is 0 Å². The molecular formula is C12H8BrNO4. The number of nitro benzene ring substituents is 1. The zero-order valence-corrected chi connectivity index (χ0v) is 10.9. The number of nitrogens with zero attached hydrogens (tertiary/aromatic N) is 1. The molecule has 92 valence electrons. The second-order valence-electron chi connectivity index (χ2n) is 3.69. The number of carbonyl (C=O) groups excluding carboxylic acids is 1. The summed E-state index contributed by atoms with van der Waals surface area (Å²) in [5.74, 6) is 0.454. The molecule has 1 aromatic carbocycles. The molecule has 1 heterocycles. The normalized spacial score (nSPS) is 10.3. The number of halogens is 1. The Labute approximate surface area is 111 Å². The van der Waals surface area contributed by atoms with Crippen LogP contribution in [0, 0.1) is 17.0 Å². The van der Waals surface area contributed by atoms with Gasteiger partial charge in [-0.3, -0.25) is 14.9 Å². The van der Waals surface area contributed by atoms with Crippen molar-refractivity contribution in [2.75, 3.05) is 0 Å².